The molecule has 0 unspecified atom stereocenters. The summed E-state index contributed by atoms with van der Waals surface area (Å²) >= 11 is 0. The van der Waals surface area contributed by atoms with Crippen LogP contribution in [0.1, 0.15) is 18.4 Å². The minimum Gasteiger partial charge on any atom is -0.493 e. The molecule has 5 heteroatoms. The molecular formula is C14H17FO4. The highest BCUT2D eigenvalue weighted by Crippen LogP contribution is 2.18. The van der Waals surface area contributed by atoms with Gasteiger partial charge in [0.2, 0.25) is 0 Å². The Hall–Kier alpha value is -1.88. The van der Waals surface area contributed by atoms with Crippen LogP contribution < -0.4 is 4.74 Å². The van der Waals surface area contributed by atoms with Crippen molar-refractivity contribution in [2.45, 2.75) is 12.8 Å². The number of carboxylic acids is 1. The third-order valence-electron chi connectivity index (χ3n) is 2.32. The van der Waals surface area contributed by atoms with Crippen LogP contribution in [-0.2, 0) is 9.53 Å². The molecule has 1 aromatic carbocycles. The molecule has 0 bridgehead atoms. The van der Waals surface area contributed by atoms with Gasteiger partial charge in [0.15, 0.2) is 0 Å². The highest BCUT2D eigenvalue weighted by Gasteiger charge is 2.01. The Morgan fingerprint density at radius 1 is 1.32 bits per heavy atom. The van der Waals surface area contributed by atoms with Crippen LogP contribution in [0.3, 0.4) is 0 Å². The molecule has 0 aliphatic heterocycles. The van der Waals surface area contributed by atoms with Gasteiger partial charge in [0, 0.05) is 25.9 Å². The molecule has 0 aromatic heterocycles. The van der Waals surface area contributed by atoms with E-state index in [-0.39, 0.29) is 0 Å². The molecule has 0 aliphatic rings. The van der Waals surface area contributed by atoms with E-state index in [0.717, 1.165) is 18.9 Å². The van der Waals surface area contributed by atoms with Gasteiger partial charge >= 0.3 is 5.97 Å². The predicted octanol–water partition coefficient (Wildman–Crippen LogP) is 2.73. The first kappa shape index (κ1) is 15.2. The zero-order chi connectivity index (χ0) is 14.1. The second kappa shape index (κ2) is 8.26. The standard InChI is InChI=1S/C14H17FO4/c1-18-6-2-3-7-19-13-9-11(4-5-14(16)17)8-12(15)10-13/h4-5,8-10H,2-3,6-7H2,1H3,(H,16,17)/b5-4+. The second-order valence-corrected chi connectivity index (χ2v) is 3.94. The maximum Gasteiger partial charge on any atom is 0.328 e. The number of hydrogen-bond donors (Lipinski definition) is 1. The topological polar surface area (TPSA) is 55.8 Å². The van der Waals surface area contributed by atoms with E-state index in [1.54, 1.807) is 13.2 Å². The van der Waals surface area contributed by atoms with Crippen LogP contribution in [0.25, 0.3) is 6.08 Å². The number of benzene rings is 1. The average Bonchev–Trinajstić information content (AvgIpc) is 2.35. The Bertz CT molecular complexity index is 443. The van der Waals surface area contributed by atoms with Gasteiger partial charge in [-0.25, -0.2) is 9.18 Å². The highest BCUT2D eigenvalue weighted by molar-refractivity contribution is 5.85. The van der Waals surface area contributed by atoms with Crippen molar-refractivity contribution in [1.82, 2.24) is 0 Å². The third-order valence-corrected chi connectivity index (χ3v) is 2.32. The van der Waals surface area contributed by atoms with E-state index >= 15 is 0 Å². The van der Waals surface area contributed by atoms with Crippen LogP contribution in [0.2, 0.25) is 0 Å². The Kier molecular flexibility index (Phi) is 6.60. The van der Waals surface area contributed by atoms with Gasteiger partial charge in [-0.15, -0.1) is 0 Å². The van der Waals surface area contributed by atoms with Gasteiger partial charge in [0.1, 0.15) is 11.6 Å². The van der Waals surface area contributed by atoms with Gasteiger partial charge in [-0.1, -0.05) is 0 Å². The molecule has 19 heavy (non-hydrogen) atoms. The van der Waals surface area contributed by atoms with Gasteiger partial charge in [-0.2, -0.15) is 0 Å². The minimum absolute atomic E-state index is 0.391. The molecule has 1 aromatic rings. The third kappa shape index (κ3) is 6.57. The van der Waals surface area contributed by atoms with Crippen molar-refractivity contribution in [3.8, 4) is 5.75 Å². The zero-order valence-corrected chi connectivity index (χ0v) is 10.8. The number of carboxylic acid groups (broad SMARTS) is 1. The van der Waals surface area contributed by atoms with Crippen LogP contribution in [0.5, 0.6) is 5.75 Å². The van der Waals surface area contributed by atoms with E-state index in [4.69, 9.17) is 14.6 Å². The quantitative estimate of drug-likeness (QED) is 0.582. The molecule has 0 atom stereocenters. The van der Waals surface area contributed by atoms with Gasteiger partial charge < -0.3 is 14.6 Å². The first-order valence-corrected chi connectivity index (χ1v) is 5.95. The van der Waals surface area contributed by atoms with Crippen molar-refractivity contribution in [1.29, 1.82) is 0 Å². The lowest BCUT2D eigenvalue weighted by atomic mass is 10.2. The van der Waals surface area contributed by atoms with Crippen molar-refractivity contribution in [2.24, 2.45) is 0 Å². The van der Waals surface area contributed by atoms with Crippen LogP contribution in [-0.4, -0.2) is 31.4 Å². The summed E-state index contributed by atoms with van der Waals surface area (Å²) in [6.45, 7) is 1.13. The Morgan fingerprint density at radius 2 is 2.05 bits per heavy atom. The van der Waals surface area contributed by atoms with E-state index in [0.29, 0.717) is 24.5 Å². The number of aliphatic carboxylic acids is 1. The lowest BCUT2D eigenvalue weighted by Crippen LogP contribution is -2.00. The van der Waals surface area contributed by atoms with Crippen molar-refractivity contribution in [2.75, 3.05) is 20.3 Å². The summed E-state index contributed by atoms with van der Waals surface area (Å²) in [4.78, 5) is 10.4. The van der Waals surface area contributed by atoms with E-state index in [2.05, 4.69) is 0 Å². The van der Waals surface area contributed by atoms with E-state index in [1.165, 1.54) is 18.2 Å². The highest BCUT2D eigenvalue weighted by atomic mass is 19.1. The number of unbranched alkanes of at least 4 members (excludes halogenated alkanes) is 1. The van der Waals surface area contributed by atoms with Gasteiger partial charge in [0.25, 0.3) is 0 Å². The van der Waals surface area contributed by atoms with E-state index < -0.39 is 11.8 Å². The molecular weight excluding hydrogens is 251 g/mol. The van der Waals surface area contributed by atoms with Gasteiger partial charge in [0.05, 0.1) is 6.61 Å². The van der Waals surface area contributed by atoms with Crippen molar-refractivity contribution >= 4 is 12.0 Å². The molecule has 0 radical (unpaired) electrons. The van der Waals surface area contributed by atoms with Gasteiger partial charge in [-0.3, -0.25) is 0 Å². The largest absolute Gasteiger partial charge is 0.493 e. The molecule has 0 spiro atoms. The van der Waals surface area contributed by atoms with Crippen LogP contribution >= 0.6 is 0 Å². The lowest BCUT2D eigenvalue weighted by Gasteiger charge is -2.07. The Labute approximate surface area is 111 Å². The lowest BCUT2D eigenvalue weighted by molar-refractivity contribution is -0.131. The number of methoxy groups -OCH3 is 1. The summed E-state index contributed by atoms with van der Waals surface area (Å²) in [7, 11) is 1.63. The molecule has 0 saturated heterocycles. The first-order valence-electron chi connectivity index (χ1n) is 5.95. The fourth-order valence-corrected chi connectivity index (χ4v) is 1.47. The maximum absolute atomic E-state index is 13.3. The SMILES string of the molecule is COCCCCOc1cc(F)cc(/C=C/C(=O)O)c1. The number of hydrogen-bond acceptors (Lipinski definition) is 3. The molecule has 1 N–H and O–H groups in total. The Balaban J connectivity index is 2.56. The van der Waals surface area contributed by atoms with E-state index in [1.807, 2.05) is 0 Å². The molecule has 0 aliphatic carbocycles. The monoisotopic (exact) mass is 268 g/mol. The summed E-state index contributed by atoms with van der Waals surface area (Å²) in [6, 6.07) is 4.12. The summed E-state index contributed by atoms with van der Waals surface area (Å²) in [5, 5.41) is 8.51. The van der Waals surface area contributed by atoms with Gasteiger partial charge in [-0.05, 0) is 36.6 Å². The molecule has 0 fully saturated rings. The first-order chi connectivity index (χ1) is 9.11. The maximum atomic E-state index is 13.3. The van der Waals surface area contributed by atoms with Crippen LogP contribution in [0, 0.1) is 5.82 Å². The fourth-order valence-electron chi connectivity index (χ4n) is 1.47. The fraction of sp³-hybridized carbons (Fsp3) is 0.357. The van der Waals surface area contributed by atoms with Crippen LogP contribution in [0.15, 0.2) is 24.3 Å². The molecule has 0 amide bonds. The predicted molar refractivity (Wildman–Crippen MR) is 69.7 cm³/mol. The van der Waals surface area contributed by atoms with Crippen LogP contribution in [0.4, 0.5) is 4.39 Å². The van der Waals surface area contributed by atoms with E-state index in [9.17, 15) is 9.18 Å². The number of rotatable bonds is 8. The smallest absolute Gasteiger partial charge is 0.328 e. The van der Waals surface area contributed by atoms with Crippen molar-refractivity contribution in [3.63, 3.8) is 0 Å². The number of carbonyl (C=O) groups is 1. The number of halogens is 1. The second-order valence-electron chi connectivity index (χ2n) is 3.94. The molecule has 1 rings (SSSR count). The summed E-state index contributed by atoms with van der Waals surface area (Å²) in [6.07, 6.45) is 3.96. The minimum atomic E-state index is -1.08. The molecule has 0 saturated carbocycles. The summed E-state index contributed by atoms with van der Waals surface area (Å²) in [5.74, 6) is -1.15. The number of ether oxygens (including phenoxy) is 2. The zero-order valence-electron chi connectivity index (χ0n) is 10.8. The summed E-state index contributed by atoms with van der Waals surface area (Å²) in [5.41, 5.74) is 0.453. The summed E-state index contributed by atoms with van der Waals surface area (Å²) < 4.78 is 23.6. The molecule has 0 heterocycles. The average molecular weight is 268 g/mol. The normalized spacial score (nSPS) is 10.8. The Morgan fingerprint density at radius 3 is 2.74 bits per heavy atom. The van der Waals surface area contributed by atoms with Crippen molar-refractivity contribution in [3.05, 3.63) is 35.7 Å². The molecule has 4 nitrogen and oxygen atoms in total. The molecule has 104 valence electrons. The van der Waals surface area contributed by atoms with Crippen molar-refractivity contribution < 1.29 is 23.8 Å².